The Hall–Kier alpha value is -2.04. The number of nitrogens with zero attached hydrogens (tertiary/aromatic N) is 2. The Labute approximate surface area is 125 Å². The van der Waals surface area contributed by atoms with Gasteiger partial charge in [-0.05, 0) is 36.4 Å². The summed E-state index contributed by atoms with van der Waals surface area (Å²) in [5.41, 5.74) is 8.93. The van der Waals surface area contributed by atoms with Crippen LogP contribution in [0.4, 0.5) is 5.95 Å². The van der Waals surface area contributed by atoms with Crippen LogP contribution in [-0.4, -0.2) is 15.0 Å². The summed E-state index contributed by atoms with van der Waals surface area (Å²) in [6.45, 7) is 0. The molecule has 3 N–H and O–H groups in total. The third-order valence-corrected chi connectivity index (χ3v) is 3.41. The van der Waals surface area contributed by atoms with E-state index in [1.54, 1.807) is 24.4 Å². The van der Waals surface area contributed by atoms with Crippen LogP contribution in [0.15, 0.2) is 42.6 Å². The first-order chi connectivity index (χ1) is 9.63. The number of nitrogen functional groups attached to an aromatic ring is 1. The van der Waals surface area contributed by atoms with Crippen molar-refractivity contribution < 1.29 is 0 Å². The number of aromatic amines is 1. The zero-order valence-electron chi connectivity index (χ0n) is 10.3. The first-order valence-electron chi connectivity index (χ1n) is 5.87. The van der Waals surface area contributed by atoms with Gasteiger partial charge in [0.2, 0.25) is 5.95 Å². The molecule has 0 radical (unpaired) electrons. The minimum absolute atomic E-state index is 0.239. The number of nitrogens with two attached hydrogens (primary N) is 1. The van der Waals surface area contributed by atoms with E-state index < -0.39 is 0 Å². The van der Waals surface area contributed by atoms with Gasteiger partial charge in [-0.3, -0.25) is 0 Å². The molecule has 1 aromatic carbocycles. The van der Waals surface area contributed by atoms with E-state index in [1.807, 2.05) is 18.2 Å². The summed E-state index contributed by atoms with van der Waals surface area (Å²) in [4.78, 5) is 11.3. The Kier molecular flexibility index (Phi) is 3.34. The maximum absolute atomic E-state index is 6.19. The number of rotatable bonds is 2. The van der Waals surface area contributed by atoms with E-state index in [2.05, 4.69) is 15.0 Å². The second-order valence-electron chi connectivity index (χ2n) is 4.21. The maximum atomic E-state index is 6.19. The molecule has 0 fully saturated rings. The predicted octanol–water partition coefficient (Wildman–Crippen LogP) is 4.03. The summed E-state index contributed by atoms with van der Waals surface area (Å²) < 4.78 is 0. The van der Waals surface area contributed by atoms with Crippen molar-refractivity contribution in [2.24, 2.45) is 0 Å². The fourth-order valence-electron chi connectivity index (χ4n) is 1.93. The molecule has 0 atom stereocenters. The van der Waals surface area contributed by atoms with Crippen LogP contribution in [0.5, 0.6) is 0 Å². The van der Waals surface area contributed by atoms with Gasteiger partial charge in [-0.2, -0.15) is 0 Å². The molecule has 2 heterocycles. The molecular weight excluding hydrogens is 295 g/mol. The van der Waals surface area contributed by atoms with Crippen molar-refractivity contribution in [1.29, 1.82) is 0 Å². The van der Waals surface area contributed by atoms with E-state index in [0.717, 1.165) is 22.6 Å². The summed E-state index contributed by atoms with van der Waals surface area (Å²) in [6, 6.07) is 11.0. The summed E-state index contributed by atoms with van der Waals surface area (Å²) in [5.74, 6) is 0.239. The lowest BCUT2D eigenvalue weighted by molar-refractivity contribution is 1.18. The van der Waals surface area contributed by atoms with Gasteiger partial charge in [-0.15, -0.1) is 0 Å². The number of hydrogen-bond donors (Lipinski definition) is 2. The Bertz CT molecular complexity index is 767. The first-order valence-corrected chi connectivity index (χ1v) is 6.62. The molecule has 4 nitrogen and oxygen atoms in total. The highest BCUT2D eigenvalue weighted by molar-refractivity contribution is 6.36. The minimum Gasteiger partial charge on any atom is -0.368 e. The van der Waals surface area contributed by atoms with Gasteiger partial charge in [-0.25, -0.2) is 9.97 Å². The number of aromatic nitrogens is 3. The zero-order valence-corrected chi connectivity index (χ0v) is 11.8. The van der Waals surface area contributed by atoms with Gasteiger partial charge in [0.25, 0.3) is 0 Å². The average molecular weight is 305 g/mol. The molecule has 0 saturated carbocycles. The van der Waals surface area contributed by atoms with E-state index in [-0.39, 0.29) is 5.95 Å². The monoisotopic (exact) mass is 304 g/mol. The summed E-state index contributed by atoms with van der Waals surface area (Å²) in [5, 5.41) is 1.20. The van der Waals surface area contributed by atoms with Crippen molar-refractivity contribution in [2.75, 3.05) is 5.73 Å². The molecule has 0 bridgehead atoms. The van der Waals surface area contributed by atoms with Gasteiger partial charge in [0.05, 0.1) is 16.4 Å². The summed E-state index contributed by atoms with van der Waals surface area (Å²) in [6.07, 6.45) is 1.62. The molecule has 3 rings (SSSR count). The number of halogens is 2. The van der Waals surface area contributed by atoms with Gasteiger partial charge in [0.1, 0.15) is 0 Å². The largest absolute Gasteiger partial charge is 0.368 e. The Morgan fingerprint density at radius 2 is 1.80 bits per heavy atom. The molecule has 100 valence electrons. The number of H-pyrrole nitrogens is 1. The number of benzene rings is 1. The second kappa shape index (κ2) is 5.15. The van der Waals surface area contributed by atoms with Crippen molar-refractivity contribution in [3.63, 3.8) is 0 Å². The maximum Gasteiger partial charge on any atom is 0.220 e. The van der Waals surface area contributed by atoms with Gasteiger partial charge in [0, 0.05) is 22.5 Å². The molecule has 0 aliphatic rings. The van der Waals surface area contributed by atoms with E-state index in [4.69, 9.17) is 28.9 Å². The normalized spacial score (nSPS) is 10.7. The van der Waals surface area contributed by atoms with Crippen LogP contribution in [0.1, 0.15) is 0 Å². The average Bonchev–Trinajstić information content (AvgIpc) is 2.88. The number of nitrogens with one attached hydrogen (secondary N) is 1. The Morgan fingerprint density at radius 1 is 1.00 bits per heavy atom. The van der Waals surface area contributed by atoms with Crippen LogP contribution in [0.2, 0.25) is 10.0 Å². The van der Waals surface area contributed by atoms with Crippen molar-refractivity contribution in [1.82, 2.24) is 15.0 Å². The second-order valence-corrected chi connectivity index (χ2v) is 5.05. The van der Waals surface area contributed by atoms with Crippen LogP contribution in [0, 0.1) is 0 Å². The van der Waals surface area contributed by atoms with Crippen molar-refractivity contribution in [3.8, 4) is 22.6 Å². The third-order valence-electron chi connectivity index (χ3n) is 2.86. The topological polar surface area (TPSA) is 67.6 Å². The summed E-state index contributed by atoms with van der Waals surface area (Å²) in [7, 11) is 0. The highest BCUT2D eigenvalue weighted by Gasteiger charge is 2.08. The fourth-order valence-corrected chi connectivity index (χ4v) is 2.44. The molecule has 0 aliphatic heterocycles. The molecule has 0 aliphatic carbocycles. The van der Waals surface area contributed by atoms with Crippen LogP contribution in [0.3, 0.4) is 0 Å². The lowest BCUT2D eigenvalue weighted by Crippen LogP contribution is -1.95. The van der Waals surface area contributed by atoms with Gasteiger partial charge >= 0.3 is 0 Å². The van der Waals surface area contributed by atoms with Crippen molar-refractivity contribution in [3.05, 3.63) is 52.6 Å². The van der Waals surface area contributed by atoms with Crippen LogP contribution < -0.4 is 5.73 Å². The predicted molar refractivity (Wildman–Crippen MR) is 81.7 cm³/mol. The standard InChI is InChI=1S/C14H10Cl2N4/c15-8-1-2-9(10(16)7-8)11-3-4-12(19-11)13-5-6-18-14(17)20-13/h1-7,19H,(H2,17,18,20). The number of anilines is 1. The molecule has 0 amide bonds. The van der Waals surface area contributed by atoms with Gasteiger partial charge in [0.15, 0.2) is 0 Å². The van der Waals surface area contributed by atoms with Gasteiger partial charge in [-0.1, -0.05) is 23.2 Å². The van der Waals surface area contributed by atoms with Crippen LogP contribution in [-0.2, 0) is 0 Å². The van der Waals surface area contributed by atoms with E-state index in [9.17, 15) is 0 Å². The molecule has 2 aromatic heterocycles. The Morgan fingerprint density at radius 3 is 2.55 bits per heavy atom. The quantitative estimate of drug-likeness (QED) is 0.751. The smallest absolute Gasteiger partial charge is 0.220 e. The summed E-state index contributed by atoms with van der Waals surface area (Å²) >= 11 is 12.1. The van der Waals surface area contributed by atoms with E-state index >= 15 is 0 Å². The van der Waals surface area contributed by atoms with Crippen molar-refractivity contribution >= 4 is 29.2 Å². The zero-order chi connectivity index (χ0) is 14.1. The van der Waals surface area contributed by atoms with Crippen molar-refractivity contribution in [2.45, 2.75) is 0 Å². The molecule has 6 heteroatoms. The lowest BCUT2D eigenvalue weighted by Gasteiger charge is -2.03. The fraction of sp³-hybridized carbons (Fsp3) is 0. The third kappa shape index (κ3) is 2.48. The molecule has 20 heavy (non-hydrogen) atoms. The lowest BCUT2D eigenvalue weighted by atomic mass is 10.1. The van der Waals surface area contributed by atoms with Crippen LogP contribution in [0.25, 0.3) is 22.6 Å². The number of hydrogen-bond acceptors (Lipinski definition) is 3. The highest BCUT2D eigenvalue weighted by atomic mass is 35.5. The molecule has 0 spiro atoms. The molecular formula is C14H10Cl2N4. The van der Waals surface area contributed by atoms with Gasteiger partial charge < -0.3 is 10.7 Å². The highest BCUT2D eigenvalue weighted by Crippen LogP contribution is 2.31. The van der Waals surface area contributed by atoms with E-state index in [0.29, 0.717) is 10.0 Å². The molecule has 3 aromatic rings. The SMILES string of the molecule is Nc1nccc(-c2ccc(-c3ccc(Cl)cc3Cl)[nH]2)n1. The Balaban J connectivity index is 2.02. The van der Waals surface area contributed by atoms with Crippen LogP contribution >= 0.6 is 23.2 Å². The minimum atomic E-state index is 0.239. The van der Waals surface area contributed by atoms with E-state index in [1.165, 1.54) is 0 Å². The first kappa shape index (κ1) is 13.0. The molecule has 0 saturated heterocycles. The molecule has 0 unspecified atom stereocenters.